The molecule has 0 N–H and O–H groups in total. The Morgan fingerprint density at radius 2 is 1.79 bits per heavy atom. The average Bonchev–Trinajstić information content (AvgIpc) is 2.90. The number of ether oxygens (including phenoxy) is 1. The van der Waals surface area contributed by atoms with Crippen molar-refractivity contribution in [2.24, 2.45) is 0 Å². The van der Waals surface area contributed by atoms with Gasteiger partial charge in [0.15, 0.2) is 0 Å². The topological polar surface area (TPSA) is 106 Å². The molecule has 2 saturated heterocycles. The molecule has 5 rings (SSSR count). The molecule has 3 aromatic rings. The van der Waals surface area contributed by atoms with Crippen LogP contribution in [0.3, 0.4) is 0 Å². The number of rotatable bonds is 5. The largest absolute Gasteiger partial charge is 0.439 e. The molecule has 0 aliphatic carbocycles. The number of benzene rings is 2. The summed E-state index contributed by atoms with van der Waals surface area (Å²) in [5.41, 5.74) is 0.327. The van der Waals surface area contributed by atoms with E-state index in [-0.39, 0.29) is 33.7 Å². The van der Waals surface area contributed by atoms with Crippen molar-refractivity contribution in [3.8, 4) is 11.6 Å². The molecule has 2 aromatic carbocycles. The van der Waals surface area contributed by atoms with Crippen LogP contribution in [0.15, 0.2) is 54.7 Å². The fraction of sp³-hybridized carbons (Fsp3) is 0.296. The van der Waals surface area contributed by atoms with E-state index in [1.165, 1.54) is 18.3 Å². The van der Waals surface area contributed by atoms with Crippen molar-refractivity contribution < 1.29 is 19.2 Å². The van der Waals surface area contributed by atoms with Crippen LogP contribution in [0, 0.1) is 17.0 Å². The van der Waals surface area contributed by atoms with E-state index in [0.717, 1.165) is 19.3 Å². The summed E-state index contributed by atoms with van der Waals surface area (Å²) in [5.74, 6) is 0.495. The van der Waals surface area contributed by atoms with Crippen LogP contribution >= 0.6 is 23.2 Å². The fourth-order valence-corrected chi connectivity index (χ4v) is 5.50. The van der Waals surface area contributed by atoms with Gasteiger partial charge in [-0.05, 0) is 62.6 Å². The number of likely N-dealkylation sites (tertiary alicyclic amines) is 2. The Labute approximate surface area is 229 Å². The molecule has 2 amide bonds. The van der Waals surface area contributed by atoms with E-state index in [4.69, 9.17) is 27.9 Å². The maximum Gasteiger partial charge on any atom is 0.274 e. The number of nitro groups is 1. The van der Waals surface area contributed by atoms with Crippen LogP contribution in [0.4, 0.5) is 5.69 Å². The lowest BCUT2D eigenvalue weighted by Crippen LogP contribution is -2.69. The molecule has 0 radical (unpaired) electrons. The van der Waals surface area contributed by atoms with Crippen LogP contribution in [-0.4, -0.2) is 56.7 Å². The smallest absolute Gasteiger partial charge is 0.274 e. The van der Waals surface area contributed by atoms with Crippen LogP contribution in [0.2, 0.25) is 10.0 Å². The molecular formula is C27H24Cl2N4O5. The molecule has 2 aliphatic rings. The number of carbonyl (C=O) groups is 2. The van der Waals surface area contributed by atoms with E-state index in [2.05, 4.69) is 4.98 Å². The van der Waals surface area contributed by atoms with Crippen molar-refractivity contribution in [2.75, 3.05) is 19.6 Å². The first kappa shape index (κ1) is 25.9. The highest BCUT2D eigenvalue weighted by atomic mass is 35.5. The van der Waals surface area contributed by atoms with Crippen LogP contribution in [0.25, 0.3) is 0 Å². The predicted octanol–water partition coefficient (Wildman–Crippen LogP) is 5.92. The summed E-state index contributed by atoms with van der Waals surface area (Å²) in [7, 11) is 0. The number of hydrogen-bond acceptors (Lipinski definition) is 6. The summed E-state index contributed by atoms with van der Waals surface area (Å²) in [5, 5.41) is 12.1. The predicted molar refractivity (Wildman–Crippen MR) is 142 cm³/mol. The van der Waals surface area contributed by atoms with Crippen molar-refractivity contribution in [2.45, 2.75) is 31.7 Å². The van der Waals surface area contributed by atoms with Crippen molar-refractivity contribution in [3.05, 3.63) is 91.6 Å². The van der Waals surface area contributed by atoms with Gasteiger partial charge in [0.05, 0.1) is 21.0 Å². The number of piperidine rings is 1. The molecular weight excluding hydrogens is 531 g/mol. The molecule has 9 nitrogen and oxygen atoms in total. The third-order valence-corrected chi connectivity index (χ3v) is 7.70. The Hall–Kier alpha value is -3.69. The lowest BCUT2D eigenvalue weighted by molar-refractivity contribution is -0.385. The van der Waals surface area contributed by atoms with Crippen LogP contribution in [-0.2, 0) is 0 Å². The van der Waals surface area contributed by atoms with E-state index in [9.17, 15) is 19.7 Å². The monoisotopic (exact) mass is 554 g/mol. The fourth-order valence-electron chi connectivity index (χ4n) is 5.18. The zero-order valence-electron chi connectivity index (χ0n) is 20.5. The molecule has 2 fully saturated rings. The normalized spacial score (nSPS) is 18.7. The summed E-state index contributed by atoms with van der Waals surface area (Å²) in [4.78, 5) is 45.4. The van der Waals surface area contributed by atoms with E-state index in [1.54, 1.807) is 53.1 Å². The first-order valence-electron chi connectivity index (χ1n) is 12.1. The van der Waals surface area contributed by atoms with Crippen LogP contribution in [0.1, 0.15) is 45.5 Å². The Balaban J connectivity index is 1.30. The first-order chi connectivity index (χ1) is 18.2. The second kappa shape index (κ2) is 10.2. The molecule has 0 bridgehead atoms. The zero-order valence-corrected chi connectivity index (χ0v) is 22.0. The summed E-state index contributed by atoms with van der Waals surface area (Å²) >= 11 is 12.0. The molecule has 38 heavy (non-hydrogen) atoms. The van der Waals surface area contributed by atoms with Crippen LogP contribution < -0.4 is 4.74 Å². The van der Waals surface area contributed by atoms with Gasteiger partial charge >= 0.3 is 0 Å². The van der Waals surface area contributed by atoms with Gasteiger partial charge in [-0.3, -0.25) is 19.7 Å². The number of amides is 2. The van der Waals surface area contributed by atoms with Crippen molar-refractivity contribution in [1.82, 2.24) is 14.8 Å². The Bertz CT molecular complexity index is 1410. The summed E-state index contributed by atoms with van der Waals surface area (Å²) in [6.07, 6.45) is 3.74. The highest BCUT2D eigenvalue weighted by Crippen LogP contribution is 2.41. The third kappa shape index (κ3) is 4.91. The third-order valence-electron chi connectivity index (χ3n) is 7.26. The minimum atomic E-state index is -0.535. The van der Waals surface area contributed by atoms with Gasteiger partial charge in [-0.25, -0.2) is 4.98 Å². The zero-order chi connectivity index (χ0) is 27.0. The van der Waals surface area contributed by atoms with E-state index >= 15 is 0 Å². The SMILES string of the molecule is Cc1c(C(=O)N2CCC23CCCN(C(=O)c2ccc(Oc4ccc(Cl)cn4)cc2)C3)cc(Cl)cc1[N+](=O)[O-]. The van der Waals surface area contributed by atoms with Gasteiger partial charge in [0.2, 0.25) is 5.88 Å². The number of pyridine rings is 1. The number of halogens is 2. The Morgan fingerprint density at radius 1 is 1.03 bits per heavy atom. The molecule has 196 valence electrons. The highest BCUT2D eigenvalue weighted by Gasteiger charge is 2.50. The van der Waals surface area contributed by atoms with Gasteiger partial charge < -0.3 is 14.5 Å². The molecule has 1 atom stereocenters. The summed E-state index contributed by atoms with van der Waals surface area (Å²) in [6.45, 7) is 3.05. The summed E-state index contributed by atoms with van der Waals surface area (Å²) < 4.78 is 5.71. The van der Waals surface area contributed by atoms with E-state index in [0.29, 0.717) is 41.8 Å². The highest BCUT2D eigenvalue weighted by molar-refractivity contribution is 6.31. The minimum Gasteiger partial charge on any atom is -0.439 e. The van der Waals surface area contributed by atoms with E-state index < -0.39 is 10.5 Å². The van der Waals surface area contributed by atoms with Gasteiger partial charge in [-0.2, -0.15) is 0 Å². The molecule has 0 saturated carbocycles. The molecule has 3 heterocycles. The molecule has 11 heteroatoms. The lowest BCUT2D eigenvalue weighted by atomic mass is 9.77. The van der Waals surface area contributed by atoms with Gasteiger partial charge in [0, 0.05) is 54.1 Å². The molecule has 1 aromatic heterocycles. The number of aromatic nitrogens is 1. The molecule has 1 spiro atoms. The first-order valence-corrected chi connectivity index (χ1v) is 12.9. The number of carbonyl (C=O) groups excluding carboxylic acids is 2. The lowest BCUT2D eigenvalue weighted by Gasteiger charge is -2.57. The van der Waals surface area contributed by atoms with Crippen molar-refractivity contribution >= 4 is 40.7 Å². The van der Waals surface area contributed by atoms with Gasteiger partial charge in [0.1, 0.15) is 5.75 Å². The standard InChI is InChI=1S/C27H24Cl2N4O5/c1-17-22(13-20(29)14-23(17)33(36)37)26(35)32-12-10-27(32)9-2-11-31(16-27)25(34)18-3-6-21(7-4-18)38-24-8-5-19(28)15-30-24/h3-8,13-15H,2,9-12,16H2,1H3. The van der Waals surface area contributed by atoms with Crippen LogP contribution in [0.5, 0.6) is 11.6 Å². The number of nitro benzene ring substituents is 1. The Kier molecular flexibility index (Phi) is 6.98. The maximum atomic E-state index is 13.5. The summed E-state index contributed by atoms with van der Waals surface area (Å²) in [6, 6.07) is 12.9. The average molecular weight is 555 g/mol. The van der Waals surface area contributed by atoms with Gasteiger partial charge in [0.25, 0.3) is 17.5 Å². The van der Waals surface area contributed by atoms with E-state index in [1.807, 2.05) is 0 Å². The van der Waals surface area contributed by atoms with Gasteiger partial charge in [-0.15, -0.1) is 0 Å². The van der Waals surface area contributed by atoms with Gasteiger partial charge in [-0.1, -0.05) is 23.2 Å². The molecule has 2 aliphatic heterocycles. The molecule has 1 unspecified atom stereocenters. The van der Waals surface area contributed by atoms with Crippen molar-refractivity contribution in [1.29, 1.82) is 0 Å². The quantitative estimate of drug-likeness (QED) is 0.286. The maximum absolute atomic E-state index is 13.5. The number of nitrogens with zero attached hydrogens (tertiary/aromatic N) is 4. The second-order valence-corrected chi connectivity index (χ2v) is 10.4. The minimum absolute atomic E-state index is 0.130. The number of hydrogen-bond donors (Lipinski definition) is 0. The Morgan fingerprint density at radius 3 is 2.42 bits per heavy atom. The van der Waals surface area contributed by atoms with Crippen molar-refractivity contribution in [3.63, 3.8) is 0 Å². The second-order valence-electron chi connectivity index (χ2n) is 9.56.